The Morgan fingerprint density at radius 1 is 0.741 bits per heavy atom. The lowest BCUT2D eigenvalue weighted by molar-refractivity contribution is -0.147. The molecule has 1 atom stereocenters. The number of cyclic esters (lactones) is 1. The lowest BCUT2D eigenvalue weighted by Gasteiger charge is -2.29. The topological polar surface area (TPSA) is 66.8 Å². The fraction of sp³-hybridized carbons (Fsp3) is 0.0870. The molecule has 0 amide bonds. The highest BCUT2D eigenvalue weighted by Crippen LogP contribution is 2.45. The Bertz CT molecular complexity index is 1020. The van der Waals surface area contributed by atoms with Crippen LogP contribution in [-0.4, -0.2) is 16.2 Å². The highest BCUT2D eigenvalue weighted by atomic mass is 16.6. The largest absolute Gasteiger partial charge is 0.504 e. The van der Waals surface area contributed by atoms with Crippen LogP contribution < -0.4 is 0 Å². The molecule has 1 heterocycles. The summed E-state index contributed by atoms with van der Waals surface area (Å²) in [5.74, 6) is -2.21. The van der Waals surface area contributed by atoms with Crippen molar-refractivity contribution in [1.82, 2.24) is 0 Å². The number of aliphatic hydroxyl groups excluding tert-OH is 2. The van der Waals surface area contributed by atoms with Gasteiger partial charge in [0, 0.05) is 11.1 Å². The minimum Gasteiger partial charge on any atom is -0.504 e. The molecule has 3 aromatic rings. The third-order valence-electron chi connectivity index (χ3n) is 4.85. The second kappa shape index (κ2) is 6.32. The van der Waals surface area contributed by atoms with Crippen LogP contribution in [-0.2, 0) is 15.1 Å². The van der Waals surface area contributed by atoms with E-state index in [1.54, 1.807) is 36.4 Å². The minimum atomic E-state index is -1.55. The molecule has 4 rings (SSSR count). The van der Waals surface area contributed by atoms with E-state index in [1.165, 1.54) is 5.56 Å². The van der Waals surface area contributed by atoms with E-state index in [0.29, 0.717) is 11.1 Å². The van der Waals surface area contributed by atoms with E-state index in [1.807, 2.05) is 49.4 Å². The first kappa shape index (κ1) is 16.9. The average molecular weight is 358 g/mol. The quantitative estimate of drug-likeness (QED) is 0.661. The van der Waals surface area contributed by atoms with E-state index in [4.69, 9.17) is 4.74 Å². The zero-order valence-corrected chi connectivity index (χ0v) is 14.7. The second-order valence-corrected chi connectivity index (χ2v) is 6.58. The Balaban J connectivity index is 1.83. The van der Waals surface area contributed by atoms with Gasteiger partial charge in [-0.15, -0.1) is 0 Å². The maximum absolute atomic E-state index is 12.0. The Labute approximate surface area is 157 Å². The lowest BCUT2D eigenvalue weighted by Crippen LogP contribution is -2.30. The van der Waals surface area contributed by atoms with Gasteiger partial charge in [-0.3, -0.25) is 0 Å². The molecule has 0 radical (unpaired) electrons. The van der Waals surface area contributed by atoms with Gasteiger partial charge in [-0.25, -0.2) is 4.79 Å². The summed E-state index contributed by atoms with van der Waals surface area (Å²) < 4.78 is 5.49. The summed E-state index contributed by atoms with van der Waals surface area (Å²) in [6.45, 7) is 2.03. The van der Waals surface area contributed by atoms with Crippen LogP contribution >= 0.6 is 0 Å². The number of aliphatic hydroxyl groups is 2. The van der Waals surface area contributed by atoms with Crippen LogP contribution in [0.15, 0.2) is 90.4 Å². The highest BCUT2D eigenvalue weighted by Gasteiger charge is 2.51. The molecule has 27 heavy (non-hydrogen) atoms. The lowest BCUT2D eigenvalue weighted by atomic mass is 9.84. The zero-order chi connectivity index (χ0) is 19.0. The van der Waals surface area contributed by atoms with Crippen molar-refractivity contribution in [2.24, 2.45) is 0 Å². The van der Waals surface area contributed by atoms with Crippen molar-refractivity contribution in [3.8, 4) is 11.1 Å². The van der Waals surface area contributed by atoms with Gasteiger partial charge in [0.1, 0.15) is 0 Å². The molecule has 4 nitrogen and oxygen atoms in total. The number of rotatable bonds is 3. The van der Waals surface area contributed by atoms with Crippen molar-refractivity contribution in [2.45, 2.75) is 12.5 Å². The molecule has 3 aromatic carbocycles. The standard InChI is InChI=1S/C23H18O4/c1-15-7-9-16(10-8-15)17-11-13-19(14-12-17)23(18-5-3-2-4-6-18)21(25)20(24)22(26)27-23/h2-14,24-25H,1H3. The van der Waals surface area contributed by atoms with E-state index in [0.717, 1.165) is 11.1 Å². The molecule has 0 bridgehead atoms. The molecule has 0 spiro atoms. The van der Waals surface area contributed by atoms with Crippen LogP contribution in [0.25, 0.3) is 11.1 Å². The van der Waals surface area contributed by atoms with E-state index in [9.17, 15) is 15.0 Å². The molecule has 1 aliphatic heterocycles. The van der Waals surface area contributed by atoms with Gasteiger partial charge in [-0.2, -0.15) is 0 Å². The maximum atomic E-state index is 12.0. The third kappa shape index (κ3) is 2.66. The van der Waals surface area contributed by atoms with Crippen LogP contribution in [0.1, 0.15) is 16.7 Å². The second-order valence-electron chi connectivity index (χ2n) is 6.58. The number of hydrogen-bond acceptors (Lipinski definition) is 4. The molecule has 2 N–H and O–H groups in total. The summed E-state index contributed by atoms with van der Waals surface area (Å²) in [7, 11) is 0. The summed E-state index contributed by atoms with van der Waals surface area (Å²) in [4.78, 5) is 12.0. The molecular weight excluding hydrogens is 340 g/mol. The summed E-state index contributed by atoms with van der Waals surface area (Å²) in [6.07, 6.45) is 0. The Kier molecular flexibility index (Phi) is 3.96. The average Bonchev–Trinajstić information content (AvgIpc) is 2.94. The van der Waals surface area contributed by atoms with Crippen LogP contribution in [0.4, 0.5) is 0 Å². The van der Waals surface area contributed by atoms with E-state index >= 15 is 0 Å². The van der Waals surface area contributed by atoms with Crippen LogP contribution in [0, 0.1) is 6.92 Å². The normalized spacial score (nSPS) is 19.2. The van der Waals surface area contributed by atoms with Gasteiger partial charge >= 0.3 is 5.97 Å². The van der Waals surface area contributed by atoms with Crippen molar-refractivity contribution in [2.75, 3.05) is 0 Å². The first-order chi connectivity index (χ1) is 13.0. The van der Waals surface area contributed by atoms with Crippen molar-refractivity contribution in [3.63, 3.8) is 0 Å². The SMILES string of the molecule is Cc1ccc(-c2ccc(C3(c4ccccc4)OC(=O)C(O)=C3O)cc2)cc1. The number of hydrogen-bond donors (Lipinski definition) is 2. The number of carbonyl (C=O) groups excluding carboxylic acids is 1. The molecular formula is C23H18O4. The summed E-state index contributed by atoms with van der Waals surface area (Å²) >= 11 is 0. The predicted octanol–water partition coefficient (Wildman–Crippen LogP) is 4.79. The molecule has 0 aromatic heterocycles. The number of carbonyl (C=O) groups is 1. The van der Waals surface area contributed by atoms with Crippen LogP contribution in [0.2, 0.25) is 0 Å². The number of ether oxygens (including phenoxy) is 1. The number of esters is 1. The molecule has 0 saturated heterocycles. The molecule has 4 heteroatoms. The van der Waals surface area contributed by atoms with E-state index in [-0.39, 0.29) is 0 Å². The first-order valence-corrected chi connectivity index (χ1v) is 8.61. The first-order valence-electron chi connectivity index (χ1n) is 8.61. The molecule has 134 valence electrons. The van der Waals surface area contributed by atoms with Crippen molar-refractivity contribution in [3.05, 3.63) is 107 Å². The van der Waals surface area contributed by atoms with Gasteiger partial charge in [0.15, 0.2) is 5.76 Å². The summed E-state index contributed by atoms with van der Waals surface area (Å²) in [6, 6.07) is 24.5. The van der Waals surface area contributed by atoms with Crippen molar-refractivity contribution in [1.29, 1.82) is 0 Å². The number of benzene rings is 3. The molecule has 1 unspecified atom stereocenters. The molecule has 0 saturated carbocycles. The van der Waals surface area contributed by atoms with E-state index in [2.05, 4.69) is 0 Å². The number of aryl methyl sites for hydroxylation is 1. The summed E-state index contributed by atoms with van der Waals surface area (Å²) in [5.41, 5.74) is 2.81. The van der Waals surface area contributed by atoms with Gasteiger partial charge in [0.2, 0.25) is 11.4 Å². The minimum absolute atomic E-state index is 0.498. The fourth-order valence-electron chi connectivity index (χ4n) is 3.37. The molecule has 0 aliphatic carbocycles. The van der Waals surface area contributed by atoms with Crippen molar-refractivity contribution < 1.29 is 19.7 Å². The van der Waals surface area contributed by atoms with Gasteiger partial charge in [-0.05, 0) is 18.1 Å². The monoisotopic (exact) mass is 358 g/mol. The molecule has 1 aliphatic rings. The zero-order valence-electron chi connectivity index (χ0n) is 14.7. The maximum Gasteiger partial charge on any atom is 0.378 e. The van der Waals surface area contributed by atoms with Gasteiger partial charge in [0.05, 0.1) is 0 Å². The predicted molar refractivity (Wildman–Crippen MR) is 102 cm³/mol. The van der Waals surface area contributed by atoms with Crippen molar-refractivity contribution >= 4 is 5.97 Å². The fourth-order valence-corrected chi connectivity index (χ4v) is 3.37. The smallest absolute Gasteiger partial charge is 0.378 e. The van der Waals surface area contributed by atoms with Crippen LogP contribution in [0.3, 0.4) is 0 Å². The Morgan fingerprint density at radius 3 is 1.78 bits per heavy atom. The third-order valence-corrected chi connectivity index (χ3v) is 4.85. The van der Waals surface area contributed by atoms with Gasteiger partial charge in [-0.1, -0.05) is 84.4 Å². The van der Waals surface area contributed by atoms with Gasteiger partial charge in [0.25, 0.3) is 0 Å². The highest BCUT2D eigenvalue weighted by molar-refractivity contribution is 5.91. The molecule has 0 fully saturated rings. The van der Waals surface area contributed by atoms with Crippen LogP contribution in [0.5, 0.6) is 0 Å². The van der Waals surface area contributed by atoms with Gasteiger partial charge < -0.3 is 14.9 Å². The Morgan fingerprint density at radius 2 is 1.26 bits per heavy atom. The summed E-state index contributed by atoms with van der Waals surface area (Å²) in [5, 5.41) is 20.5. The Hall–Kier alpha value is -3.53. The van der Waals surface area contributed by atoms with E-state index < -0.39 is 23.1 Å².